The van der Waals surface area contributed by atoms with E-state index in [4.69, 9.17) is 39.7 Å². The van der Waals surface area contributed by atoms with Crippen molar-refractivity contribution in [3.8, 4) is 35.4 Å². The van der Waals surface area contributed by atoms with E-state index in [2.05, 4.69) is 4.98 Å². The number of aromatic nitrogens is 1. The fourth-order valence-corrected chi connectivity index (χ4v) is 2.35. The molecule has 0 fully saturated rings. The van der Waals surface area contributed by atoms with Crippen LogP contribution in [0.15, 0.2) is 60.7 Å². The molecule has 1 heterocycles. The molecular weight excluding hydrogens is 508 g/mol. The molecule has 0 aliphatic rings. The molecule has 0 saturated carbocycles. The molecule has 0 saturated heterocycles. The number of nitrogens with zero attached hydrogens (tertiary/aromatic N) is 3. The summed E-state index contributed by atoms with van der Waals surface area (Å²) in [5.74, 6) is 0.612. The number of pyridine rings is 1. The number of hydrogen-bond donors (Lipinski definition) is 0. The van der Waals surface area contributed by atoms with Gasteiger partial charge in [-0.3, -0.25) is 0 Å². The van der Waals surface area contributed by atoms with Gasteiger partial charge in [-0.1, -0.05) is 0 Å². The van der Waals surface area contributed by atoms with Crippen molar-refractivity contribution in [1.82, 2.24) is 4.98 Å². The Balaban J connectivity index is 0.00000179. The first-order valence-corrected chi connectivity index (χ1v) is 9.27. The van der Waals surface area contributed by atoms with Crippen molar-refractivity contribution in [1.29, 1.82) is 10.5 Å². The van der Waals surface area contributed by atoms with E-state index in [1.807, 2.05) is 12.1 Å². The molecule has 0 atom stereocenters. The molecule has 35 heavy (non-hydrogen) atoms. The van der Waals surface area contributed by atoms with E-state index in [0.29, 0.717) is 22.6 Å². The van der Waals surface area contributed by atoms with Crippen molar-refractivity contribution in [3.63, 3.8) is 0 Å². The molecule has 1 aromatic heterocycles. The summed E-state index contributed by atoms with van der Waals surface area (Å²) < 4.78 is 16.5. The van der Waals surface area contributed by atoms with Crippen molar-refractivity contribution in [2.24, 2.45) is 0 Å². The normalized spacial score (nSPS) is 8.77. The Morgan fingerprint density at radius 3 is 1.51 bits per heavy atom. The van der Waals surface area contributed by atoms with E-state index < -0.39 is 12.1 Å². The molecule has 166 valence electrons. The molecular formula is C23H15K2N3O7. The monoisotopic (exact) mass is 523 g/mol. The molecule has 0 unspecified atom stereocenters. The Hall–Kier alpha value is -1.82. The number of nitriles is 2. The summed E-state index contributed by atoms with van der Waals surface area (Å²) in [7, 11) is 0. The zero-order valence-corrected chi connectivity index (χ0v) is 25.4. The third-order valence-electron chi connectivity index (χ3n) is 3.70. The minimum absolute atomic E-state index is 0. The maximum atomic E-state index is 12.2. The summed E-state index contributed by atoms with van der Waals surface area (Å²) in [5.41, 5.74) is 1.21. The van der Waals surface area contributed by atoms with Gasteiger partial charge >= 0.3 is 109 Å². The second-order valence-corrected chi connectivity index (χ2v) is 5.98. The smallest absolute Gasteiger partial charge is 0.652 e. The summed E-state index contributed by atoms with van der Waals surface area (Å²) in [5, 5.41) is 34.4. The summed E-state index contributed by atoms with van der Waals surface area (Å²) in [6, 6.07) is 19.9. The van der Waals surface area contributed by atoms with Crippen LogP contribution in [0.3, 0.4) is 0 Å². The van der Waals surface area contributed by atoms with E-state index in [1.54, 1.807) is 55.5 Å². The number of esters is 1. The van der Waals surface area contributed by atoms with E-state index >= 15 is 0 Å². The van der Waals surface area contributed by atoms with Gasteiger partial charge in [-0.15, -0.1) is 0 Å². The number of rotatable bonds is 6. The predicted molar refractivity (Wildman–Crippen MR) is 108 cm³/mol. The second-order valence-electron chi connectivity index (χ2n) is 5.98. The van der Waals surface area contributed by atoms with Gasteiger partial charge in [0.05, 0.1) is 35.4 Å². The van der Waals surface area contributed by atoms with Crippen molar-refractivity contribution >= 4 is 12.1 Å². The van der Waals surface area contributed by atoms with Crippen molar-refractivity contribution < 1.29 is 137 Å². The Morgan fingerprint density at radius 2 is 1.20 bits per heavy atom. The van der Waals surface area contributed by atoms with Gasteiger partial charge in [0.25, 0.3) is 0 Å². The fraction of sp³-hybridized carbons (Fsp3) is 0.0870. The van der Waals surface area contributed by atoms with Gasteiger partial charge in [0.1, 0.15) is 11.5 Å². The molecule has 10 nitrogen and oxygen atoms in total. The standard InChI is InChI=1S/C22H15N3O4.CH2O3.2K/c1-2-27-22(26)17-11-20(28-18-7-3-15(13-23)4-8-18)25-21(12-17)29-19-9-5-16(14-24)6-10-19;2-1(3)4;;/h3-12H,2H2,1H3;(H2,2,3,4);;/q;;2*+1/p-2. The summed E-state index contributed by atoms with van der Waals surface area (Å²) in [4.78, 5) is 24.8. The number of carboxylic acid groups (broad SMARTS) is 2. The van der Waals surface area contributed by atoms with E-state index in [1.165, 1.54) is 12.1 Å². The average Bonchev–Trinajstić information content (AvgIpc) is 2.80. The van der Waals surface area contributed by atoms with Gasteiger partial charge in [0, 0.05) is 12.1 Å². The molecule has 3 rings (SSSR count). The molecule has 0 aliphatic carbocycles. The first kappa shape index (κ1) is 33.2. The Morgan fingerprint density at radius 1 is 0.829 bits per heavy atom. The average molecular weight is 524 g/mol. The van der Waals surface area contributed by atoms with Gasteiger partial charge in [0.15, 0.2) is 0 Å². The first-order chi connectivity index (χ1) is 15.8. The van der Waals surface area contributed by atoms with Crippen molar-refractivity contribution in [2.45, 2.75) is 6.92 Å². The largest absolute Gasteiger partial charge is 1.00 e. The van der Waals surface area contributed by atoms with Crippen LogP contribution in [0, 0.1) is 22.7 Å². The van der Waals surface area contributed by atoms with Crippen LogP contribution in [-0.2, 0) is 4.74 Å². The van der Waals surface area contributed by atoms with Crippen LogP contribution in [0.4, 0.5) is 4.79 Å². The van der Waals surface area contributed by atoms with Crippen molar-refractivity contribution in [2.75, 3.05) is 6.61 Å². The van der Waals surface area contributed by atoms with E-state index in [9.17, 15) is 4.79 Å². The topological polar surface area (TPSA) is 168 Å². The maximum absolute atomic E-state index is 12.2. The molecule has 3 aromatic rings. The molecule has 0 aliphatic heterocycles. The Labute approximate surface area is 286 Å². The summed E-state index contributed by atoms with van der Waals surface area (Å²) >= 11 is 0. The number of benzene rings is 2. The van der Waals surface area contributed by atoms with Crippen molar-refractivity contribution in [3.05, 3.63) is 77.4 Å². The van der Waals surface area contributed by atoms with Gasteiger partial charge in [0.2, 0.25) is 11.8 Å². The van der Waals surface area contributed by atoms with Gasteiger partial charge < -0.3 is 29.2 Å². The zero-order chi connectivity index (χ0) is 24.2. The molecule has 12 heteroatoms. The van der Waals surface area contributed by atoms with E-state index in [0.717, 1.165) is 0 Å². The van der Waals surface area contributed by atoms with Gasteiger partial charge in [-0.2, -0.15) is 15.5 Å². The summed E-state index contributed by atoms with van der Waals surface area (Å²) in [6.07, 6.45) is -2.33. The fourth-order valence-electron chi connectivity index (χ4n) is 2.35. The number of hydrogen-bond acceptors (Lipinski definition) is 10. The number of ether oxygens (including phenoxy) is 3. The molecule has 2 aromatic carbocycles. The molecule has 0 amide bonds. The molecule has 0 radical (unpaired) electrons. The number of carbonyl (C=O) groups excluding carboxylic acids is 2. The van der Waals surface area contributed by atoms with Crippen LogP contribution >= 0.6 is 0 Å². The van der Waals surface area contributed by atoms with Crippen LogP contribution in [0.2, 0.25) is 0 Å². The van der Waals surface area contributed by atoms with Gasteiger partial charge in [-0.25, -0.2) is 4.79 Å². The van der Waals surface area contributed by atoms with E-state index in [-0.39, 0.29) is 127 Å². The van der Waals surface area contributed by atoms with Gasteiger partial charge in [-0.05, 0) is 61.6 Å². The Kier molecular flexibility index (Phi) is 16.7. The third-order valence-corrected chi connectivity index (χ3v) is 3.70. The van der Waals surface area contributed by atoms with Crippen LogP contribution in [0.25, 0.3) is 0 Å². The first-order valence-electron chi connectivity index (χ1n) is 9.27. The van der Waals surface area contributed by atoms with Crippen LogP contribution < -0.4 is 122 Å². The third kappa shape index (κ3) is 12.1. The minimum Gasteiger partial charge on any atom is -0.652 e. The van der Waals surface area contributed by atoms with Crippen LogP contribution in [0.5, 0.6) is 23.3 Å². The zero-order valence-electron chi connectivity index (χ0n) is 19.2. The maximum Gasteiger partial charge on any atom is 1.00 e. The second kappa shape index (κ2) is 17.6. The molecule has 0 spiro atoms. The predicted octanol–water partition coefficient (Wildman–Crippen LogP) is -3.85. The Bertz CT molecular complexity index is 1120. The minimum atomic E-state index is -2.33. The molecule has 0 N–H and O–H groups in total. The van der Waals surface area contributed by atoms with Crippen LogP contribution in [0.1, 0.15) is 28.4 Å². The number of carbonyl (C=O) groups is 2. The van der Waals surface area contributed by atoms with Crippen LogP contribution in [-0.4, -0.2) is 23.7 Å². The molecule has 0 bridgehead atoms. The quantitative estimate of drug-likeness (QED) is 0.230. The SMILES string of the molecule is CCOC(=O)c1cc(Oc2ccc(C#N)cc2)nc(Oc2ccc(C#N)cc2)c1.O=C([O-])[O-].[K+].[K+]. The summed E-state index contributed by atoms with van der Waals surface area (Å²) in [6.45, 7) is 1.93.